The van der Waals surface area contributed by atoms with E-state index in [0.717, 1.165) is 102 Å². The molecule has 3 N–H and O–H groups in total. The first-order valence-corrected chi connectivity index (χ1v) is 39.5. The lowest BCUT2D eigenvalue weighted by molar-refractivity contribution is -0.161. The lowest BCUT2D eigenvalue weighted by atomic mass is 9.99. The second-order valence-electron chi connectivity index (χ2n) is 26.0. The molecule has 0 saturated carbocycles. The van der Waals surface area contributed by atoms with Crippen molar-refractivity contribution in [1.82, 2.24) is 0 Å². The first-order valence-electron chi connectivity index (χ1n) is 36.5. The van der Waals surface area contributed by atoms with Crippen LogP contribution in [-0.4, -0.2) is 96.7 Å². The van der Waals surface area contributed by atoms with Crippen molar-refractivity contribution in [2.24, 2.45) is 11.8 Å². The summed E-state index contributed by atoms with van der Waals surface area (Å²) >= 11 is 0. The van der Waals surface area contributed by atoms with E-state index in [0.29, 0.717) is 25.7 Å². The number of esters is 4. The Hall–Kier alpha value is -1.94. The SMILES string of the molecule is CCCCCCCCCCCCCCCCC(=O)OC[C@H](COP(=O)(O)OC[C@@H](O)COP(=O)(O)OC[C@@H](COC(=O)CCCCCCCCCCC)OC(=O)CCCCCCCCCCCC(C)C)OC(=O)CCCCCCCCCCCCC(C)CC. The summed E-state index contributed by atoms with van der Waals surface area (Å²) < 4.78 is 68.3. The molecule has 0 heterocycles. The van der Waals surface area contributed by atoms with Crippen LogP contribution in [0.1, 0.15) is 356 Å². The summed E-state index contributed by atoms with van der Waals surface area (Å²) in [7, 11) is -9.90. The molecule has 6 atom stereocenters. The third kappa shape index (κ3) is 63.2. The fraction of sp³-hybridized carbons (Fsp3) is 0.943. The molecule has 0 bridgehead atoms. The molecular weight excluding hydrogens is 1170 g/mol. The number of rotatable bonds is 69. The highest BCUT2D eigenvalue weighted by atomic mass is 31.2. The van der Waals surface area contributed by atoms with Crippen LogP contribution >= 0.6 is 15.6 Å². The van der Waals surface area contributed by atoms with E-state index in [-0.39, 0.29) is 25.7 Å². The molecule has 89 heavy (non-hydrogen) atoms. The quantitative estimate of drug-likeness (QED) is 0.0222. The summed E-state index contributed by atoms with van der Waals surface area (Å²) in [5.74, 6) is -0.585. The van der Waals surface area contributed by atoms with Crippen molar-refractivity contribution < 1.29 is 80.2 Å². The number of aliphatic hydroxyl groups excluding tert-OH is 1. The van der Waals surface area contributed by atoms with Crippen LogP contribution in [-0.2, 0) is 65.4 Å². The predicted octanol–water partition coefficient (Wildman–Crippen LogP) is 20.0. The first kappa shape index (κ1) is 87.1. The smallest absolute Gasteiger partial charge is 0.462 e. The lowest BCUT2D eigenvalue weighted by Gasteiger charge is -2.21. The highest BCUT2D eigenvalue weighted by molar-refractivity contribution is 7.47. The molecule has 0 aliphatic carbocycles. The predicted molar refractivity (Wildman–Crippen MR) is 358 cm³/mol. The number of hydrogen-bond acceptors (Lipinski definition) is 15. The molecule has 0 radical (unpaired) electrons. The van der Waals surface area contributed by atoms with E-state index in [1.165, 1.54) is 173 Å². The van der Waals surface area contributed by atoms with E-state index in [1.54, 1.807) is 0 Å². The van der Waals surface area contributed by atoms with Crippen LogP contribution in [0.2, 0.25) is 0 Å². The molecule has 0 saturated heterocycles. The Morgan fingerprint density at radius 1 is 0.326 bits per heavy atom. The first-order chi connectivity index (χ1) is 42.9. The van der Waals surface area contributed by atoms with Gasteiger partial charge in [0.1, 0.15) is 19.3 Å². The highest BCUT2D eigenvalue weighted by Gasteiger charge is 2.30. The molecule has 0 spiro atoms. The third-order valence-electron chi connectivity index (χ3n) is 16.6. The molecule has 528 valence electrons. The fourth-order valence-corrected chi connectivity index (χ4v) is 12.1. The van der Waals surface area contributed by atoms with Gasteiger partial charge >= 0.3 is 39.5 Å². The molecule has 0 aliphatic rings. The second-order valence-corrected chi connectivity index (χ2v) is 28.9. The maximum atomic E-state index is 13.0. The Morgan fingerprint density at radius 2 is 0.573 bits per heavy atom. The molecule has 3 unspecified atom stereocenters. The van der Waals surface area contributed by atoms with E-state index in [9.17, 15) is 43.2 Å². The fourth-order valence-electron chi connectivity index (χ4n) is 10.6. The largest absolute Gasteiger partial charge is 0.472 e. The lowest BCUT2D eigenvalue weighted by Crippen LogP contribution is -2.30. The van der Waals surface area contributed by atoms with Gasteiger partial charge in [0.25, 0.3) is 0 Å². The van der Waals surface area contributed by atoms with Gasteiger partial charge in [-0.3, -0.25) is 37.3 Å². The van der Waals surface area contributed by atoms with Gasteiger partial charge in [-0.25, -0.2) is 9.13 Å². The van der Waals surface area contributed by atoms with E-state index in [2.05, 4.69) is 41.5 Å². The van der Waals surface area contributed by atoms with E-state index in [4.69, 9.17) is 37.0 Å². The van der Waals surface area contributed by atoms with Gasteiger partial charge in [-0.05, 0) is 37.5 Å². The van der Waals surface area contributed by atoms with Gasteiger partial charge in [-0.2, -0.15) is 0 Å². The molecule has 17 nitrogen and oxygen atoms in total. The summed E-state index contributed by atoms with van der Waals surface area (Å²) in [4.78, 5) is 72.5. The molecule has 0 amide bonds. The van der Waals surface area contributed by atoms with Crippen LogP contribution in [0, 0.1) is 11.8 Å². The van der Waals surface area contributed by atoms with Crippen LogP contribution in [0.5, 0.6) is 0 Å². The van der Waals surface area contributed by atoms with Gasteiger partial charge in [-0.1, -0.05) is 305 Å². The minimum Gasteiger partial charge on any atom is -0.462 e. The molecule has 0 rings (SSSR count). The van der Waals surface area contributed by atoms with Crippen LogP contribution < -0.4 is 0 Å². The Morgan fingerprint density at radius 3 is 0.854 bits per heavy atom. The summed E-state index contributed by atoms with van der Waals surface area (Å²) in [6.07, 6.45) is 47.0. The molecule has 0 aromatic rings. The van der Waals surface area contributed by atoms with Gasteiger partial charge in [0.2, 0.25) is 0 Å². The molecule has 0 aliphatic heterocycles. The van der Waals surface area contributed by atoms with Crippen LogP contribution in [0.4, 0.5) is 0 Å². The monoisotopic (exact) mass is 1310 g/mol. The Bertz CT molecular complexity index is 1740. The van der Waals surface area contributed by atoms with E-state index >= 15 is 0 Å². The summed E-state index contributed by atoms with van der Waals surface area (Å²) in [5, 5.41) is 10.6. The molecule has 0 aromatic carbocycles. The van der Waals surface area contributed by atoms with Crippen molar-refractivity contribution in [3.05, 3.63) is 0 Å². The number of carbonyl (C=O) groups is 4. The van der Waals surface area contributed by atoms with Crippen molar-refractivity contribution in [2.75, 3.05) is 39.6 Å². The maximum absolute atomic E-state index is 13.0. The minimum atomic E-state index is -4.95. The van der Waals surface area contributed by atoms with Gasteiger partial charge in [0.05, 0.1) is 26.4 Å². The Kier molecular flexibility index (Phi) is 60.8. The zero-order valence-electron chi connectivity index (χ0n) is 57.7. The van der Waals surface area contributed by atoms with Crippen LogP contribution in [0.15, 0.2) is 0 Å². The van der Waals surface area contributed by atoms with Gasteiger partial charge in [-0.15, -0.1) is 0 Å². The minimum absolute atomic E-state index is 0.105. The van der Waals surface area contributed by atoms with Gasteiger partial charge < -0.3 is 33.8 Å². The molecule has 19 heteroatoms. The van der Waals surface area contributed by atoms with Crippen LogP contribution in [0.25, 0.3) is 0 Å². The highest BCUT2D eigenvalue weighted by Crippen LogP contribution is 2.45. The summed E-state index contributed by atoms with van der Waals surface area (Å²) in [5.41, 5.74) is 0. The molecule has 0 aromatic heterocycles. The molecular formula is C70H136O17P2. The number of phosphoric acid groups is 2. The Labute approximate surface area is 543 Å². The zero-order valence-corrected chi connectivity index (χ0v) is 59.5. The second kappa shape index (κ2) is 62.2. The number of unbranched alkanes of at least 4 members (excludes halogenated alkanes) is 38. The number of hydrogen-bond donors (Lipinski definition) is 3. The van der Waals surface area contributed by atoms with E-state index in [1.807, 2.05) is 0 Å². The Balaban J connectivity index is 5.25. The van der Waals surface area contributed by atoms with Gasteiger partial charge in [0, 0.05) is 25.7 Å². The number of aliphatic hydroxyl groups is 1. The maximum Gasteiger partial charge on any atom is 0.472 e. The van der Waals surface area contributed by atoms with Crippen molar-refractivity contribution in [2.45, 2.75) is 374 Å². The van der Waals surface area contributed by atoms with Crippen molar-refractivity contribution in [1.29, 1.82) is 0 Å². The molecule has 0 fully saturated rings. The average Bonchev–Trinajstić information content (AvgIpc) is 3.58. The average molecular weight is 1310 g/mol. The van der Waals surface area contributed by atoms with Gasteiger partial charge in [0.15, 0.2) is 12.2 Å². The van der Waals surface area contributed by atoms with E-state index < -0.39 is 97.5 Å². The van der Waals surface area contributed by atoms with Crippen molar-refractivity contribution >= 4 is 39.5 Å². The summed E-state index contributed by atoms with van der Waals surface area (Å²) in [6, 6.07) is 0. The standard InChI is InChI=1S/C70H136O17P2/c1-7-10-12-14-16-18-19-20-21-22-29-35-41-47-53-68(73)81-59-66(86-69(74)54-48-42-36-30-24-23-28-33-39-45-51-63(6)9-3)61-85-89(78,79)83-57-64(71)56-82-88(76,77)84-60-65(58-80-67(72)52-46-40-34-26-17-15-13-11-8-2)87-70(75)55-49-43-37-31-25-27-32-38-44-50-62(4)5/h62-66,71H,7-61H2,1-6H3,(H,76,77)(H,78,79)/t63?,64-,65+,66+/m0/s1. The third-order valence-corrected chi connectivity index (χ3v) is 18.5. The zero-order chi connectivity index (χ0) is 65.7. The number of phosphoric ester groups is 2. The topological polar surface area (TPSA) is 237 Å². The number of ether oxygens (including phenoxy) is 4. The van der Waals surface area contributed by atoms with Crippen molar-refractivity contribution in [3.8, 4) is 0 Å². The summed E-state index contributed by atoms with van der Waals surface area (Å²) in [6.45, 7) is 9.54. The number of carbonyl (C=O) groups excluding carboxylic acids is 4. The normalized spacial score (nSPS) is 14.4. The van der Waals surface area contributed by atoms with Crippen molar-refractivity contribution in [3.63, 3.8) is 0 Å². The van der Waals surface area contributed by atoms with Crippen LogP contribution in [0.3, 0.4) is 0 Å².